The van der Waals surface area contributed by atoms with Gasteiger partial charge in [0, 0.05) is 23.4 Å². The first-order valence-corrected chi connectivity index (χ1v) is 10.7. The summed E-state index contributed by atoms with van der Waals surface area (Å²) in [7, 11) is 0. The molecule has 3 heterocycles. The molecule has 35 heavy (non-hydrogen) atoms. The second-order valence-corrected chi connectivity index (χ2v) is 8.24. The summed E-state index contributed by atoms with van der Waals surface area (Å²) >= 11 is 0. The number of rotatable bonds is 5. The highest BCUT2D eigenvalue weighted by Gasteiger charge is 2.44. The number of aromatic nitrogens is 4. The number of aromatic amines is 1. The predicted octanol–water partition coefficient (Wildman–Crippen LogP) is 3.44. The van der Waals surface area contributed by atoms with Gasteiger partial charge in [-0.05, 0) is 37.1 Å². The zero-order valence-electron chi connectivity index (χ0n) is 17.9. The van der Waals surface area contributed by atoms with Crippen LogP contribution in [0.25, 0.3) is 22.3 Å². The largest absolute Gasteiger partial charge is 0.586 e. The lowest BCUT2D eigenvalue weighted by Crippen LogP contribution is -2.39. The summed E-state index contributed by atoms with van der Waals surface area (Å²) in [6.45, 7) is -0.433. The van der Waals surface area contributed by atoms with Crippen molar-refractivity contribution in [1.82, 2.24) is 19.7 Å². The number of hydrogen-bond donors (Lipinski definition) is 1. The van der Waals surface area contributed by atoms with Gasteiger partial charge in [-0.15, -0.1) is 8.78 Å². The molecule has 1 aliphatic carbocycles. The lowest BCUT2D eigenvalue weighted by Gasteiger charge is -2.23. The maximum atomic E-state index is 13.8. The van der Waals surface area contributed by atoms with E-state index >= 15 is 0 Å². The van der Waals surface area contributed by atoms with Crippen LogP contribution >= 0.6 is 0 Å². The third-order valence-electron chi connectivity index (χ3n) is 5.76. The molecule has 1 amide bonds. The Hall–Kier alpha value is -4.35. The number of imidazole rings is 1. The van der Waals surface area contributed by atoms with E-state index in [1.54, 1.807) is 6.07 Å². The van der Waals surface area contributed by atoms with Gasteiger partial charge in [-0.3, -0.25) is 9.59 Å². The Bertz CT molecular complexity index is 1550. The molecule has 0 unspecified atom stereocenters. The normalized spacial score (nSPS) is 16.0. The summed E-state index contributed by atoms with van der Waals surface area (Å²) in [6, 6.07) is 9.59. The van der Waals surface area contributed by atoms with Crippen LogP contribution in [0.3, 0.4) is 0 Å². The molecule has 0 atom stereocenters. The smallest absolute Gasteiger partial charge is 0.395 e. The fourth-order valence-electron chi connectivity index (χ4n) is 4.10. The first-order chi connectivity index (χ1) is 16.8. The maximum absolute atomic E-state index is 13.8. The molecule has 1 N–H and O–H groups in total. The Morgan fingerprint density at radius 3 is 2.74 bits per heavy atom. The number of fused-ring (bicyclic) bond motifs is 2. The summed E-state index contributed by atoms with van der Waals surface area (Å²) < 4.78 is 50.6. The van der Waals surface area contributed by atoms with Crippen molar-refractivity contribution in [2.45, 2.75) is 31.7 Å². The number of hydrogen-bond acceptors (Lipinski definition) is 6. The van der Waals surface area contributed by atoms with E-state index in [9.17, 15) is 22.8 Å². The van der Waals surface area contributed by atoms with E-state index in [1.165, 1.54) is 47.6 Å². The molecule has 2 aliphatic rings. The molecule has 9 nitrogen and oxygen atoms in total. The molecule has 2 aromatic carbocycles. The molecule has 0 bridgehead atoms. The predicted molar refractivity (Wildman–Crippen MR) is 117 cm³/mol. The summed E-state index contributed by atoms with van der Waals surface area (Å²) in [5.74, 6) is -1.29. The Balaban J connectivity index is 1.37. The number of halogens is 3. The minimum Gasteiger partial charge on any atom is -0.395 e. The van der Waals surface area contributed by atoms with Crippen LogP contribution in [0.5, 0.6) is 11.5 Å². The highest BCUT2D eigenvalue weighted by molar-refractivity contribution is 5.95. The first kappa shape index (κ1) is 21.2. The van der Waals surface area contributed by atoms with Crippen molar-refractivity contribution in [1.29, 1.82) is 0 Å². The van der Waals surface area contributed by atoms with E-state index in [1.807, 2.05) is 0 Å². The van der Waals surface area contributed by atoms with E-state index in [-0.39, 0.29) is 34.3 Å². The van der Waals surface area contributed by atoms with E-state index < -0.39 is 30.1 Å². The summed E-state index contributed by atoms with van der Waals surface area (Å²) in [6.07, 6.45) is -1.03. The third kappa shape index (κ3) is 3.76. The molecule has 0 saturated heterocycles. The van der Waals surface area contributed by atoms with Gasteiger partial charge >= 0.3 is 6.29 Å². The van der Waals surface area contributed by atoms with Crippen molar-refractivity contribution >= 4 is 22.6 Å². The Labute approximate surface area is 194 Å². The molecule has 0 radical (unpaired) electrons. The van der Waals surface area contributed by atoms with Gasteiger partial charge in [-0.25, -0.2) is 14.1 Å². The van der Waals surface area contributed by atoms with E-state index in [0.29, 0.717) is 24.1 Å². The fraction of sp³-hybridized carbons (Fsp3) is 0.217. The molecular formula is C23H16F3N5O4. The number of anilines is 1. The number of benzene rings is 2. The Morgan fingerprint density at radius 1 is 1.17 bits per heavy atom. The monoisotopic (exact) mass is 483 g/mol. The highest BCUT2D eigenvalue weighted by atomic mass is 19.3. The van der Waals surface area contributed by atoms with Crippen molar-refractivity contribution < 1.29 is 27.4 Å². The topological polar surface area (TPSA) is 102 Å². The number of carbonyl (C=O) groups excluding carboxylic acids is 1. The highest BCUT2D eigenvalue weighted by Crippen LogP contribution is 2.44. The van der Waals surface area contributed by atoms with Crippen molar-refractivity contribution in [2.75, 3.05) is 4.90 Å². The van der Waals surface area contributed by atoms with E-state index in [4.69, 9.17) is 0 Å². The van der Waals surface area contributed by atoms with Crippen molar-refractivity contribution in [2.24, 2.45) is 0 Å². The maximum Gasteiger partial charge on any atom is 0.586 e. The SMILES string of the molecule is O=C(Cn1nc(-c2cccc(F)c2)c2nc[nH]c2c1=O)N(c1ccc2c(c1)OC(F)(F)O2)C1CC1. The molecule has 12 heteroatoms. The molecule has 0 spiro atoms. The standard InChI is InChI=1S/C23H16F3N5O4/c24-13-3-1-2-12(8-13)19-20-21(28-11-27-20)22(33)30(29-19)10-18(32)31(14-4-5-14)15-6-7-16-17(9-15)35-23(25,26)34-16/h1-3,6-9,11,14H,4-5,10H2,(H,27,28). The Kier molecular flexibility index (Phi) is 4.59. The number of H-pyrrole nitrogens is 1. The van der Waals surface area contributed by atoms with Crippen LogP contribution in [0.15, 0.2) is 53.6 Å². The fourth-order valence-corrected chi connectivity index (χ4v) is 4.10. The van der Waals surface area contributed by atoms with Crippen LogP contribution in [0, 0.1) is 5.82 Å². The van der Waals surface area contributed by atoms with E-state index in [2.05, 4.69) is 24.5 Å². The van der Waals surface area contributed by atoms with Crippen LogP contribution in [-0.4, -0.2) is 38.0 Å². The first-order valence-electron chi connectivity index (χ1n) is 10.7. The molecule has 1 aliphatic heterocycles. The molecule has 178 valence electrons. The summed E-state index contributed by atoms with van der Waals surface area (Å²) in [5, 5.41) is 4.32. The quantitative estimate of drug-likeness (QED) is 0.467. The number of ether oxygens (including phenoxy) is 2. The minimum atomic E-state index is -3.78. The van der Waals surface area contributed by atoms with Crippen LogP contribution < -0.4 is 19.9 Å². The minimum absolute atomic E-state index is 0.121. The van der Waals surface area contributed by atoms with Gasteiger partial charge in [0.15, 0.2) is 11.5 Å². The van der Waals surface area contributed by atoms with Crippen LogP contribution in [0.2, 0.25) is 0 Å². The van der Waals surface area contributed by atoms with Gasteiger partial charge in [-0.2, -0.15) is 5.10 Å². The number of nitrogens with one attached hydrogen (secondary N) is 1. The van der Waals surface area contributed by atoms with Gasteiger partial charge in [0.2, 0.25) is 5.91 Å². The zero-order chi connectivity index (χ0) is 24.3. The molecular weight excluding hydrogens is 467 g/mol. The summed E-state index contributed by atoms with van der Waals surface area (Å²) in [4.78, 5) is 34.7. The van der Waals surface area contributed by atoms with Gasteiger partial charge < -0.3 is 19.4 Å². The average Bonchev–Trinajstić information content (AvgIpc) is 3.40. The van der Waals surface area contributed by atoms with Crippen LogP contribution in [-0.2, 0) is 11.3 Å². The number of amides is 1. The van der Waals surface area contributed by atoms with Gasteiger partial charge in [0.05, 0.1) is 6.33 Å². The average molecular weight is 483 g/mol. The number of alkyl halides is 2. The Morgan fingerprint density at radius 2 is 1.97 bits per heavy atom. The van der Waals surface area contributed by atoms with Gasteiger partial charge in [0.25, 0.3) is 5.56 Å². The number of carbonyl (C=O) groups is 1. The van der Waals surface area contributed by atoms with Gasteiger partial charge in [0.1, 0.15) is 29.1 Å². The molecule has 1 saturated carbocycles. The zero-order valence-corrected chi connectivity index (χ0v) is 17.9. The van der Waals surface area contributed by atoms with Crippen molar-refractivity contribution in [3.63, 3.8) is 0 Å². The van der Waals surface area contributed by atoms with Crippen molar-refractivity contribution in [3.05, 3.63) is 65.0 Å². The molecule has 4 aromatic rings. The molecule has 1 fully saturated rings. The second kappa shape index (κ2) is 7.58. The van der Waals surface area contributed by atoms with Crippen LogP contribution in [0.4, 0.5) is 18.9 Å². The lowest BCUT2D eigenvalue weighted by molar-refractivity contribution is -0.286. The van der Waals surface area contributed by atoms with Crippen molar-refractivity contribution in [3.8, 4) is 22.8 Å². The third-order valence-corrected chi connectivity index (χ3v) is 5.76. The van der Waals surface area contributed by atoms with Gasteiger partial charge in [-0.1, -0.05) is 12.1 Å². The molecule has 6 rings (SSSR count). The number of nitrogens with zero attached hydrogens (tertiary/aromatic N) is 4. The van der Waals surface area contributed by atoms with E-state index in [0.717, 1.165) is 4.68 Å². The van der Waals surface area contributed by atoms with Crippen LogP contribution in [0.1, 0.15) is 12.8 Å². The second-order valence-electron chi connectivity index (χ2n) is 8.24. The lowest BCUT2D eigenvalue weighted by atomic mass is 10.1. The summed E-state index contributed by atoms with van der Waals surface area (Å²) in [5.41, 5.74) is 0.747. The molecule has 2 aromatic heterocycles.